The standard InChI is InChI=1S/C27H37N5O3/c28-25-24(26(34)30-27(35)32(25)18-21-12-6-2-7-13-21)31(17-16-20-10-4-1-5-11-20)19-23(33)29-22-14-8-3-9-15-22/h2,6-7,10,12-13,22H,1,3-5,8-9,11,14-19,28H2,(H,29,33)(H,30,34,35). The number of carbonyl (C=O) groups is 1. The zero-order valence-electron chi connectivity index (χ0n) is 20.4. The lowest BCUT2D eigenvalue weighted by Crippen LogP contribution is -2.46. The molecule has 1 heterocycles. The molecule has 1 amide bonds. The summed E-state index contributed by atoms with van der Waals surface area (Å²) in [7, 11) is 0. The summed E-state index contributed by atoms with van der Waals surface area (Å²) in [5.74, 6) is -0.0279. The Balaban J connectivity index is 1.60. The zero-order valence-corrected chi connectivity index (χ0v) is 20.4. The number of rotatable bonds is 9. The van der Waals surface area contributed by atoms with Crippen LogP contribution in [0.15, 0.2) is 51.6 Å². The molecule has 1 aromatic carbocycles. The molecule has 2 aromatic rings. The maximum Gasteiger partial charge on any atom is 0.330 e. The second-order valence-electron chi connectivity index (χ2n) is 9.75. The van der Waals surface area contributed by atoms with E-state index < -0.39 is 11.2 Å². The molecule has 0 atom stereocenters. The topological polar surface area (TPSA) is 113 Å². The molecule has 0 bridgehead atoms. The van der Waals surface area contributed by atoms with Crippen LogP contribution in [-0.4, -0.2) is 34.6 Å². The van der Waals surface area contributed by atoms with E-state index in [4.69, 9.17) is 5.73 Å². The van der Waals surface area contributed by atoms with Gasteiger partial charge in [0, 0.05) is 12.6 Å². The van der Waals surface area contributed by atoms with Gasteiger partial charge in [-0.1, -0.05) is 61.2 Å². The van der Waals surface area contributed by atoms with Crippen molar-refractivity contribution in [1.82, 2.24) is 14.9 Å². The Hall–Kier alpha value is -3.29. The molecule has 1 fully saturated rings. The number of hydrogen-bond acceptors (Lipinski definition) is 5. The summed E-state index contributed by atoms with van der Waals surface area (Å²) >= 11 is 0. The number of H-pyrrole nitrogens is 1. The third kappa shape index (κ3) is 6.65. The lowest BCUT2D eigenvalue weighted by molar-refractivity contribution is -0.120. The largest absolute Gasteiger partial charge is 0.383 e. The fourth-order valence-corrected chi connectivity index (χ4v) is 5.18. The second-order valence-corrected chi connectivity index (χ2v) is 9.75. The van der Waals surface area contributed by atoms with Gasteiger partial charge in [0.1, 0.15) is 11.5 Å². The van der Waals surface area contributed by atoms with Crippen molar-refractivity contribution in [3.8, 4) is 0 Å². The summed E-state index contributed by atoms with van der Waals surface area (Å²) in [6, 6.07) is 9.68. The van der Waals surface area contributed by atoms with Crippen LogP contribution >= 0.6 is 0 Å². The Morgan fingerprint density at radius 1 is 1.09 bits per heavy atom. The van der Waals surface area contributed by atoms with Crippen LogP contribution in [0.3, 0.4) is 0 Å². The van der Waals surface area contributed by atoms with E-state index >= 15 is 0 Å². The minimum absolute atomic E-state index is 0.0284. The molecule has 2 aliphatic carbocycles. The van der Waals surface area contributed by atoms with Crippen LogP contribution in [0.4, 0.5) is 11.5 Å². The minimum Gasteiger partial charge on any atom is -0.383 e. The van der Waals surface area contributed by atoms with Crippen molar-refractivity contribution in [3.63, 3.8) is 0 Å². The average Bonchev–Trinajstić information content (AvgIpc) is 2.86. The highest BCUT2D eigenvalue weighted by Crippen LogP contribution is 2.23. The fraction of sp³-hybridized carbons (Fsp3) is 0.519. The van der Waals surface area contributed by atoms with E-state index in [0.29, 0.717) is 6.54 Å². The van der Waals surface area contributed by atoms with E-state index in [1.54, 1.807) is 4.90 Å². The van der Waals surface area contributed by atoms with Gasteiger partial charge in [0.25, 0.3) is 5.56 Å². The number of aromatic amines is 1. The molecule has 2 aliphatic rings. The SMILES string of the molecule is Nc1c(N(CCC2=CCCCC2)CC(=O)NC2CCCCC2)c(=O)[nH]c(=O)n1Cc1ccccc1. The van der Waals surface area contributed by atoms with Crippen LogP contribution < -0.4 is 27.2 Å². The molecule has 0 aliphatic heterocycles. The van der Waals surface area contributed by atoms with Crippen molar-refractivity contribution in [2.75, 3.05) is 23.7 Å². The molecule has 188 valence electrons. The number of aromatic nitrogens is 2. The Labute approximate surface area is 206 Å². The van der Waals surface area contributed by atoms with E-state index in [9.17, 15) is 14.4 Å². The minimum atomic E-state index is -0.556. The maximum atomic E-state index is 13.0. The highest BCUT2D eigenvalue weighted by molar-refractivity contribution is 5.82. The van der Waals surface area contributed by atoms with E-state index in [1.807, 2.05) is 30.3 Å². The van der Waals surface area contributed by atoms with Gasteiger partial charge in [-0.25, -0.2) is 4.79 Å². The number of hydrogen-bond donors (Lipinski definition) is 3. The van der Waals surface area contributed by atoms with E-state index in [1.165, 1.54) is 29.4 Å². The summed E-state index contributed by atoms with van der Waals surface area (Å²) in [5.41, 5.74) is 7.78. The van der Waals surface area contributed by atoms with E-state index in [2.05, 4.69) is 16.4 Å². The van der Waals surface area contributed by atoms with Gasteiger partial charge in [-0.3, -0.25) is 19.1 Å². The molecule has 8 nitrogen and oxygen atoms in total. The first-order valence-electron chi connectivity index (χ1n) is 12.9. The first-order valence-corrected chi connectivity index (χ1v) is 12.9. The molecule has 0 saturated heterocycles. The number of benzene rings is 1. The van der Waals surface area contributed by atoms with Gasteiger partial charge in [0.2, 0.25) is 5.91 Å². The van der Waals surface area contributed by atoms with Crippen molar-refractivity contribution >= 4 is 17.4 Å². The normalized spacial score (nSPS) is 16.5. The summed E-state index contributed by atoms with van der Waals surface area (Å²) in [4.78, 5) is 42.8. The van der Waals surface area contributed by atoms with Crippen molar-refractivity contribution < 1.29 is 4.79 Å². The summed E-state index contributed by atoms with van der Waals surface area (Å²) in [6.07, 6.45) is 13.0. The molecular weight excluding hydrogens is 442 g/mol. The first kappa shape index (κ1) is 24.8. The van der Waals surface area contributed by atoms with Crippen LogP contribution in [0.1, 0.15) is 69.8 Å². The van der Waals surface area contributed by atoms with Crippen molar-refractivity contribution in [1.29, 1.82) is 0 Å². The van der Waals surface area contributed by atoms with Gasteiger partial charge in [0.05, 0.1) is 13.1 Å². The first-order chi connectivity index (χ1) is 17.0. The molecule has 35 heavy (non-hydrogen) atoms. The third-order valence-corrected chi connectivity index (χ3v) is 7.11. The Kier molecular flexibility index (Phi) is 8.45. The maximum absolute atomic E-state index is 13.0. The van der Waals surface area contributed by atoms with Gasteiger partial charge in [0.15, 0.2) is 0 Å². The Morgan fingerprint density at radius 3 is 2.57 bits per heavy atom. The van der Waals surface area contributed by atoms with E-state index in [0.717, 1.165) is 50.5 Å². The van der Waals surface area contributed by atoms with Crippen LogP contribution in [0.5, 0.6) is 0 Å². The Bertz CT molecular complexity index is 1150. The number of amides is 1. The van der Waals surface area contributed by atoms with Crippen LogP contribution in [-0.2, 0) is 11.3 Å². The predicted octanol–water partition coefficient (Wildman–Crippen LogP) is 3.31. The van der Waals surface area contributed by atoms with Crippen molar-refractivity contribution in [2.24, 2.45) is 0 Å². The quantitative estimate of drug-likeness (QED) is 0.478. The number of nitrogens with zero attached hydrogens (tertiary/aromatic N) is 2. The predicted molar refractivity (Wildman–Crippen MR) is 140 cm³/mol. The zero-order chi connectivity index (χ0) is 24.6. The number of carbonyl (C=O) groups excluding carboxylic acids is 1. The number of nitrogen functional groups attached to an aromatic ring is 1. The fourth-order valence-electron chi connectivity index (χ4n) is 5.18. The molecule has 4 rings (SSSR count). The lowest BCUT2D eigenvalue weighted by atomic mass is 9.95. The number of nitrogens with two attached hydrogens (primary N) is 1. The molecule has 4 N–H and O–H groups in total. The third-order valence-electron chi connectivity index (χ3n) is 7.11. The van der Waals surface area contributed by atoms with Crippen LogP contribution in [0, 0.1) is 0 Å². The molecule has 0 unspecified atom stereocenters. The van der Waals surface area contributed by atoms with Crippen LogP contribution in [0.2, 0.25) is 0 Å². The molecule has 0 spiro atoms. The summed E-state index contributed by atoms with van der Waals surface area (Å²) in [5, 5.41) is 3.14. The molecule has 8 heteroatoms. The monoisotopic (exact) mass is 479 g/mol. The van der Waals surface area contributed by atoms with Crippen molar-refractivity contribution in [2.45, 2.75) is 76.8 Å². The van der Waals surface area contributed by atoms with E-state index in [-0.39, 0.29) is 36.5 Å². The number of allylic oxidation sites excluding steroid dienone is 1. The highest BCUT2D eigenvalue weighted by Gasteiger charge is 2.23. The Morgan fingerprint density at radius 2 is 1.86 bits per heavy atom. The smallest absolute Gasteiger partial charge is 0.330 e. The lowest BCUT2D eigenvalue weighted by Gasteiger charge is -2.28. The molecule has 1 aromatic heterocycles. The number of nitrogens with one attached hydrogen (secondary N) is 2. The second kappa shape index (κ2) is 11.9. The molecule has 1 saturated carbocycles. The molecule has 0 radical (unpaired) electrons. The summed E-state index contributed by atoms with van der Waals surface area (Å²) < 4.78 is 1.37. The van der Waals surface area contributed by atoms with Gasteiger partial charge < -0.3 is 16.0 Å². The average molecular weight is 480 g/mol. The van der Waals surface area contributed by atoms with Gasteiger partial charge in [-0.2, -0.15) is 0 Å². The van der Waals surface area contributed by atoms with Gasteiger partial charge in [-0.05, 0) is 50.5 Å². The van der Waals surface area contributed by atoms with Gasteiger partial charge >= 0.3 is 5.69 Å². The van der Waals surface area contributed by atoms with Crippen molar-refractivity contribution in [3.05, 3.63) is 68.4 Å². The highest BCUT2D eigenvalue weighted by atomic mass is 16.2. The summed E-state index contributed by atoms with van der Waals surface area (Å²) in [6.45, 7) is 0.754. The van der Waals surface area contributed by atoms with Gasteiger partial charge in [-0.15, -0.1) is 0 Å². The number of anilines is 2. The van der Waals surface area contributed by atoms with Crippen LogP contribution in [0.25, 0.3) is 0 Å². The molecular formula is C27H37N5O3.